The topological polar surface area (TPSA) is 67.4 Å². The van der Waals surface area contributed by atoms with Gasteiger partial charge in [0.1, 0.15) is 6.04 Å². The molecular weight excluding hydrogens is 320 g/mol. The maximum Gasteiger partial charge on any atom is 0.262 e. The predicted octanol–water partition coefficient (Wildman–Crippen LogP) is 1.39. The molecule has 2 amide bonds. The molecule has 0 fully saturated rings. The van der Waals surface area contributed by atoms with E-state index >= 15 is 0 Å². The van der Waals surface area contributed by atoms with Crippen LogP contribution in [0.5, 0.6) is 0 Å². The van der Waals surface area contributed by atoms with E-state index in [0.717, 1.165) is 3.79 Å². The lowest BCUT2D eigenvalue weighted by Crippen LogP contribution is -2.45. The van der Waals surface area contributed by atoms with Gasteiger partial charge in [-0.1, -0.05) is 0 Å². The number of amides is 2. The van der Waals surface area contributed by atoms with Crippen LogP contribution in [-0.2, 0) is 9.53 Å². The number of hydrogen-bond acceptors (Lipinski definition) is 4. The number of ether oxygens (including phenoxy) is 1. The summed E-state index contributed by atoms with van der Waals surface area (Å²) in [5, 5.41) is 5.29. The molecule has 100 valence electrons. The van der Waals surface area contributed by atoms with E-state index in [9.17, 15) is 9.59 Å². The first-order valence-corrected chi connectivity index (χ1v) is 6.98. The van der Waals surface area contributed by atoms with Crippen LogP contribution in [0.4, 0.5) is 0 Å². The van der Waals surface area contributed by atoms with Gasteiger partial charge < -0.3 is 15.4 Å². The van der Waals surface area contributed by atoms with Crippen molar-refractivity contribution in [2.24, 2.45) is 0 Å². The molecule has 0 saturated carbocycles. The Morgan fingerprint density at radius 1 is 1.50 bits per heavy atom. The van der Waals surface area contributed by atoms with Gasteiger partial charge in [-0.2, -0.15) is 0 Å². The average Bonchev–Trinajstić information content (AvgIpc) is 2.76. The second-order valence-corrected chi connectivity index (χ2v) is 6.05. The van der Waals surface area contributed by atoms with Gasteiger partial charge in [-0.3, -0.25) is 9.59 Å². The lowest BCUT2D eigenvalue weighted by molar-refractivity contribution is -0.122. The van der Waals surface area contributed by atoms with E-state index in [-0.39, 0.29) is 11.8 Å². The number of carbonyl (C=O) groups excluding carboxylic acids is 2. The van der Waals surface area contributed by atoms with Gasteiger partial charge >= 0.3 is 0 Å². The second-order valence-electron chi connectivity index (χ2n) is 3.58. The van der Waals surface area contributed by atoms with Crippen LogP contribution in [0, 0.1) is 0 Å². The van der Waals surface area contributed by atoms with E-state index in [2.05, 4.69) is 26.6 Å². The van der Waals surface area contributed by atoms with Crippen LogP contribution in [0.1, 0.15) is 16.6 Å². The third kappa shape index (κ3) is 4.75. The van der Waals surface area contributed by atoms with Crippen molar-refractivity contribution < 1.29 is 14.3 Å². The Morgan fingerprint density at radius 2 is 2.22 bits per heavy atom. The van der Waals surface area contributed by atoms with Gasteiger partial charge in [-0.05, 0) is 35.0 Å². The zero-order valence-electron chi connectivity index (χ0n) is 10.2. The summed E-state index contributed by atoms with van der Waals surface area (Å²) in [6, 6.07) is 2.93. The van der Waals surface area contributed by atoms with Crippen molar-refractivity contribution in [1.29, 1.82) is 0 Å². The number of halogens is 1. The third-order valence-electron chi connectivity index (χ3n) is 2.14. The predicted molar refractivity (Wildman–Crippen MR) is 73.8 cm³/mol. The van der Waals surface area contributed by atoms with Gasteiger partial charge in [-0.25, -0.2) is 0 Å². The smallest absolute Gasteiger partial charge is 0.262 e. The molecule has 2 N–H and O–H groups in total. The highest BCUT2D eigenvalue weighted by molar-refractivity contribution is 9.11. The van der Waals surface area contributed by atoms with Crippen LogP contribution < -0.4 is 10.6 Å². The fourth-order valence-electron chi connectivity index (χ4n) is 1.20. The van der Waals surface area contributed by atoms with Gasteiger partial charge in [0.15, 0.2) is 0 Å². The van der Waals surface area contributed by atoms with Crippen molar-refractivity contribution in [3.8, 4) is 0 Å². The quantitative estimate of drug-likeness (QED) is 0.772. The number of hydrogen-bond donors (Lipinski definition) is 2. The summed E-state index contributed by atoms with van der Waals surface area (Å²) in [7, 11) is 1.56. The standard InChI is InChI=1S/C11H15BrN2O3S/c1-7(10(15)13-5-6-17-2)14-11(16)8-3-4-9(12)18-8/h3-4,7H,5-6H2,1-2H3,(H,13,15)(H,14,16)/t7-/m1/s1. The highest BCUT2D eigenvalue weighted by Crippen LogP contribution is 2.21. The summed E-state index contributed by atoms with van der Waals surface area (Å²) in [4.78, 5) is 23.9. The lowest BCUT2D eigenvalue weighted by Gasteiger charge is -2.13. The Labute approximate surface area is 118 Å². The maximum absolute atomic E-state index is 11.8. The Hall–Kier alpha value is -0.920. The normalized spacial score (nSPS) is 11.9. The van der Waals surface area contributed by atoms with E-state index in [1.54, 1.807) is 26.2 Å². The number of methoxy groups -OCH3 is 1. The first kappa shape index (κ1) is 15.1. The first-order chi connectivity index (χ1) is 8.54. The molecule has 0 saturated heterocycles. The monoisotopic (exact) mass is 334 g/mol. The van der Waals surface area contributed by atoms with Crippen molar-refractivity contribution in [2.75, 3.05) is 20.3 Å². The molecular formula is C11H15BrN2O3S. The summed E-state index contributed by atoms with van der Waals surface area (Å²) < 4.78 is 5.70. The highest BCUT2D eigenvalue weighted by Gasteiger charge is 2.17. The van der Waals surface area contributed by atoms with Crippen LogP contribution in [-0.4, -0.2) is 38.1 Å². The van der Waals surface area contributed by atoms with Gasteiger partial charge in [0, 0.05) is 13.7 Å². The maximum atomic E-state index is 11.8. The van der Waals surface area contributed by atoms with E-state index < -0.39 is 6.04 Å². The largest absolute Gasteiger partial charge is 0.383 e. The van der Waals surface area contributed by atoms with Crippen LogP contribution in [0.25, 0.3) is 0 Å². The van der Waals surface area contributed by atoms with Gasteiger partial charge in [0.25, 0.3) is 5.91 Å². The number of rotatable bonds is 6. The van der Waals surface area contributed by atoms with Crippen molar-refractivity contribution in [2.45, 2.75) is 13.0 Å². The molecule has 0 unspecified atom stereocenters. The number of carbonyl (C=O) groups is 2. The van der Waals surface area contributed by atoms with Gasteiger partial charge in [-0.15, -0.1) is 11.3 Å². The Balaban J connectivity index is 2.41. The van der Waals surface area contributed by atoms with Crippen LogP contribution >= 0.6 is 27.3 Å². The summed E-state index contributed by atoms with van der Waals surface area (Å²) in [5.74, 6) is -0.476. The molecule has 1 aromatic rings. The SMILES string of the molecule is COCCNC(=O)[C@@H](C)NC(=O)c1ccc(Br)s1. The Bertz CT molecular complexity index is 422. The van der Waals surface area contributed by atoms with Crippen LogP contribution in [0.2, 0.25) is 0 Å². The summed E-state index contributed by atoms with van der Waals surface area (Å²) in [6.45, 7) is 2.52. The molecule has 0 radical (unpaired) electrons. The summed E-state index contributed by atoms with van der Waals surface area (Å²) in [6.07, 6.45) is 0. The van der Waals surface area contributed by atoms with Crippen molar-refractivity contribution >= 4 is 39.1 Å². The van der Waals surface area contributed by atoms with E-state index in [4.69, 9.17) is 4.74 Å². The minimum Gasteiger partial charge on any atom is -0.383 e. The molecule has 7 heteroatoms. The lowest BCUT2D eigenvalue weighted by atomic mass is 10.3. The average molecular weight is 335 g/mol. The van der Waals surface area contributed by atoms with E-state index in [1.165, 1.54) is 11.3 Å². The molecule has 0 aliphatic carbocycles. The Morgan fingerprint density at radius 3 is 2.78 bits per heavy atom. The molecule has 1 atom stereocenters. The second kappa shape index (κ2) is 7.50. The fourth-order valence-corrected chi connectivity index (χ4v) is 2.49. The molecule has 1 heterocycles. The highest BCUT2D eigenvalue weighted by atomic mass is 79.9. The zero-order chi connectivity index (χ0) is 13.5. The number of nitrogens with one attached hydrogen (secondary N) is 2. The van der Waals surface area contributed by atoms with Gasteiger partial charge in [0.05, 0.1) is 15.3 Å². The van der Waals surface area contributed by atoms with Crippen LogP contribution in [0.3, 0.4) is 0 Å². The van der Waals surface area contributed by atoms with Crippen molar-refractivity contribution in [3.63, 3.8) is 0 Å². The molecule has 0 aromatic carbocycles. The minimum atomic E-state index is -0.574. The summed E-state index contributed by atoms with van der Waals surface area (Å²) >= 11 is 4.61. The third-order valence-corrected chi connectivity index (χ3v) is 3.77. The summed E-state index contributed by atoms with van der Waals surface area (Å²) in [5.41, 5.74) is 0. The first-order valence-electron chi connectivity index (χ1n) is 5.37. The molecule has 5 nitrogen and oxygen atoms in total. The zero-order valence-corrected chi connectivity index (χ0v) is 12.6. The molecule has 1 rings (SSSR count). The fraction of sp³-hybridized carbons (Fsp3) is 0.455. The Kier molecular flexibility index (Phi) is 6.31. The molecule has 0 aliphatic heterocycles. The van der Waals surface area contributed by atoms with Crippen molar-refractivity contribution in [3.05, 3.63) is 20.8 Å². The molecule has 0 aliphatic rings. The number of thiophene rings is 1. The van der Waals surface area contributed by atoms with E-state index in [0.29, 0.717) is 18.0 Å². The van der Waals surface area contributed by atoms with Gasteiger partial charge in [0.2, 0.25) is 5.91 Å². The molecule has 1 aromatic heterocycles. The van der Waals surface area contributed by atoms with Crippen LogP contribution in [0.15, 0.2) is 15.9 Å². The van der Waals surface area contributed by atoms with E-state index in [1.807, 2.05) is 0 Å². The molecule has 18 heavy (non-hydrogen) atoms. The minimum absolute atomic E-state index is 0.226. The van der Waals surface area contributed by atoms with Crippen molar-refractivity contribution in [1.82, 2.24) is 10.6 Å². The molecule has 0 spiro atoms. The molecule has 0 bridgehead atoms.